The molecule has 9 heteroatoms. The Kier molecular flexibility index (Phi) is 4.28. The molecule has 1 aliphatic heterocycles. The molecule has 4 rings (SSSR count). The quantitative estimate of drug-likeness (QED) is 0.656. The van der Waals surface area contributed by atoms with Crippen molar-refractivity contribution in [2.75, 3.05) is 16.6 Å². The van der Waals surface area contributed by atoms with Gasteiger partial charge in [-0.25, -0.2) is 8.42 Å². The Bertz CT molecular complexity index is 1280. The van der Waals surface area contributed by atoms with E-state index < -0.39 is 21.2 Å². The van der Waals surface area contributed by atoms with E-state index in [9.17, 15) is 23.4 Å². The van der Waals surface area contributed by atoms with E-state index in [2.05, 4.69) is 0 Å². The van der Waals surface area contributed by atoms with E-state index in [0.717, 1.165) is 0 Å². The average molecular weight is 422 g/mol. The molecule has 3 aromatic rings. The third-order valence-corrected chi connectivity index (χ3v) is 6.83. The van der Waals surface area contributed by atoms with Gasteiger partial charge in [0, 0.05) is 12.1 Å². The lowest BCUT2D eigenvalue weighted by molar-refractivity contribution is 0.449. The van der Waals surface area contributed by atoms with Crippen LogP contribution in [0.15, 0.2) is 39.5 Å². The largest absolute Gasteiger partial charge is 0.506 e. The van der Waals surface area contributed by atoms with Gasteiger partial charge in [0.2, 0.25) is 21.2 Å². The summed E-state index contributed by atoms with van der Waals surface area (Å²) in [7, 11) is -3.51. The van der Waals surface area contributed by atoms with Crippen molar-refractivity contribution in [3.63, 3.8) is 0 Å². The van der Waals surface area contributed by atoms with Gasteiger partial charge in [0.25, 0.3) is 0 Å². The molecule has 0 unspecified atom stereocenters. The van der Waals surface area contributed by atoms with Gasteiger partial charge in [-0.15, -0.1) is 0 Å². The molecule has 0 bridgehead atoms. The van der Waals surface area contributed by atoms with Crippen LogP contribution in [-0.2, 0) is 10.0 Å². The fraction of sp³-hybridized carbons (Fsp3) is 0.211. The number of halogens is 1. The van der Waals surface area contributed by atoms with Gasteiger partial charge in [0.1, 0.15) is 5.75 Å². The van der Waals surface area contributed by atoms with Crippen molar-refractivity contribution in [1.82, 2.24) is 0 Å². The Balaban J connectivity index is 2.06. The Hall–Kier alpha value is -2.71. The highest BCUT2D eigenvalue weighted by Crippen LogP contribution is 2.38. The normalized spacial score (nSPS) is 16.0. The first kappa shape index (κ1) is 18.6. The second-order valence-corrected chi connectivity index (χ2v) is 9.10. The van der Waals surface area contributed by atoms with Crippen LogP contribution >= 0.6 is 11.6 Å². The minimum atomic E-state index is -3.51. The van der Waals surface area contributed by atoms with Crippen molar-refractivity contribution < 1.29 is 23.0 Å². The summed E-state index contributed by atoms with van der Waals surface area (Å²) in [6, 6.07) is 7.27. The second kappa shape index (κ2) is 6.42. The van der Waals surface area contributed by atoms with E-state index in [1.165, 1.54) is 22.5 Å². The maximum Gasteiger partial charge on any atom is 0.235 e. The highest BCUT2D eigenvalue weighted by atomic mass is 35.5. The first-order chi connectivity index (χ1) is 13.2. The van der Waals surface area contributed by atoms with E-state index in [-0.39, 0.29) is 51.1 Å². The molecule has 2 aromatic carbocycles. The van der Waals surface area contributed by atoms with Crippen LogP contribution < -0.4 is 9.73 Å². The van der Waals surface area contributed by atoms with Gasteiger partial charge in [-0.1, -0.05) is 11.6 Å². The number of sulfonamides is 1. The van der Waals surface area contributed by atoms with Crippen molar-refractivity contribution in [2.24, 2.45) is 0 Å². The SMILES string of the molecule is Cc1cc(N2CCCS2(=O)=O)c2oc(-c3ccc(O)c(Cl)c3)c(O)c(=O)c2c1. The van der Waals surface area contributed by atoms with Crippen LogP contribution in [0.4, 0.5) is 5.69 Å². The smallest absolute Gasteiger partial charge is 0.235 e. The maximum atomic E-state index is 12.8. The minimum absolute atomic E-state index is 0.0190. The standard InChI is InChI=1S/C19H16ClNO6S/c1-10-7-12-16(23)17(24)18(11-3-4-15(22)13(20)9-11)27-19(12)14(8-10)21-5-2-6-28(21,25)26/h3-4,7-9,22,24H,2,5-6H2,1H3. The molecule has 1 aromatic heterocycles. The Labute approximate surface area is 165 Å². The van der Waals surface area contributed by atoms with Crippen molar-refractivity contribution in [1.29, 1.82) is 0 Å². The number of nitrogens with zero attached hydrogens (tertiary/aromatic N) is 1. The van der Waals surface area contributed by atoms with Crippen LogP contribution in [0.1, 0.15) is 12.0 Å². The molecule has 0 radical (unpaired) electrons. The molecule has 0 aliphatic carbocycles. The molecule has 2 heterocycles. The number of aryl methyl sites for hydroxylation is 1. The Morgan fingerprint density at radius 1 is 1.18 bits per heavy atom. The summed E-state index contributed by atoms with van der Waals surface area (Å²) in [5, 5.41) is 20.1. The summed E-state index contributed by atoms with van der Waals surface area (Å²) in [5.74, 6) is -0.908. The van der Waals surface area contributed by atoms with Gasteiger partial charge in [-0.2, -0.15) is 0 Å². The monoisotopic (exact) mass is 421 g/mol. The third-order valence-electron chi connectivity index (χ3n) is 4.67. The number of hydrogen-bond donors (Lipinski definition) is 2. The number of phenolic OH excluding ortho intramolecular Hbond substituents is 1. The topological polar surface area (TPSA) is 108 Å². The maximum absolute atomic E-state index is 12.8. The Morgan fingerprint density at radius 3 is 2.57 bits per heavy atom. The van der Waals surface area contributed by atoms with E-state index in [0.29, 0.717) is 12.0 Å². The van der Waals surface area contributed by atoms with Gasteiger partial charge < -0.3 is 14.6 Å². The van der Waals surface area contributed by atoms with E-state index in [1.807, 2.05) is 0 Å². The van der Waals surface area contributed by atoms with Crippen molar-refractivity contribution >= 4 is 38.3 Å². The molecule has 0 spiro atoms. The molecule has 146 valence electrons. The summed E-state index contributed by atoms with van der Waals surface area (Å²) in [6.45, 7) is 2.02. The van der Waals surface area contributed by atoms with Gasteiger partial charge in [-0.05, 0) is 49.2 Å². The molecule has 28 heavy (non-hydrogen) atoms. The second-order valence-electron chi connectivity index (χ2n) is 6.68. The predicted octanol–water partition coefficient (Wildman–Crippen LogP) is 3.37. The number of fused-ring (bicyclic) bond motifs is 1. The van der Waals surface area contributed by atoms with E-state index >= 15 is 0 Å². The van der Waals surface area contributed by atoms with Gasteiger partial charge in [-0.3, -0.25) is 9.10 Å². The first-order valence-electron chi connectivity index (χ1n) is 8.49. The summed E-state index contributed by atoms with van der Waals surface area (Å²) in [5.41, 5.74) is 0.586. The van der Waals surface area contributed by atoms with E-state index in [1.54, 1.807) is 19.1 Å². The molecule has 2 N–H and O–H groups in total. The lowest BCUT2D eigenvalue weighted by Gasteiger charge is -2.19. The molecule has 1 aliphatic rings. The fourth-order valence-electron chi connectivity index (χ4n) is 3.35. The molecule has 7 nitrogen and oxygen atoms in total. The lowest BCUT2D eigenvalue weighted by atomic mass is 10.1. The molecule has 0 saturated carbocycles. The first-order valence-corrected chi connectivity index (χ1v) is 10.5. The third kappa shape index (κ3) is 2.89. The van der Waals surface area contributed by atoms with Crippen molar-refractivity contribution in [3.05, 3.63) is 51.1 Å². The zero-order valence-electron chi connectivity index (χ0n) is 14.8. The van der Waals surface area contributed by atoms with Crippen LogP contribution in [0.5, 0.6) is 11.5 Å². The van der Waals surface area contributed by atoms with Crippen molar-refractivity contribution in [3.8, 4) is 22.8 Å². The number of benzene rings is 2. The van der Waals surface area contributed by atoms with Crippen LogP contribution in [0.25, 0.3) is 22.3 Å². The van der Waals surface area contributed by atoms with E-state index in [4.69, 9.17) is 16.0 Å². The number of phenols is 1. The summed E-state index contributed by atoms with van der Waals surface area (Å²) in [6.07, 6.45) is 0.473. The van der Waals surface area contributed by atoms with Crippen LogP contribution in [0.3, 0.4) is 0 Å². The van der Waals surface area contributed by atoms with Crippen LogP contribution in [0, 0.1) is 6.92 Å². The number of rotatable bonds is 2. The number of hydrogen-bond acceptors (Lipinski definition) is 6. The fourth-order valence-corrected chi connectivity index (χ4v) is 5.09. The molecule has 0 amide bonds. The van der Waals surface area contributed by atoms with Gasteiger partial charge in [0.05, 0.1) is 21.8 Å². The highest BCUT2D eigenvalue weighted by Gasteiger charge is 2.31. The van der Waals surface area contributed by atoms with Gasteiger partial charge >= 0.3 is 0 Å². The summed E-state index contributed by atoms with van der Waals surface area (Å²) in [4.78, 5) is 12.8. The van der Waals surface area contributed by atoms with Gasteiger partial charge in [0.15, 0.2) is 11.3 Å². The zero-order valence-corrected chi connectivity index (χ0v) is 16.3. The Morgan fingerprint density at radius 2 is 1.93 bits per heavy atom. The zero-order chi connectivity index (χ0) is 20.2. The molecule has 0 atom stereocenters. The minimum Gasteiger partial charge on any atom is -0.506 e. The summed E-state index contributed by atoms with van der Waals surface area (Å²) >= 11 is 5.93. The number of anilines is 1. The lowest BCUT2D eigenvalue weighted by Crippen LogP contribution is -2.25. The summed E-state index contributed by atoms with van der Waals surface area (Å²) < 4.78 is 31.9. The van der Waals surface area contributed by atoms with Crippen LogP contribution in [0.2, 0.25) is 5.02 Å². The predicted molar refractivity (Wildman–Crippen MR) is 107 cm³/mol. The molecule has 1 saturated heterocycles. The highest BCUT2D eigenvalue weighted by molar-refractivity contribution is 7.93. The van der Waals surface area contributed by atoms with Crippen LogP contribution in [-0.4, -0.2) is 30.9 Å². The average Bonchev–Trinajstić information content (AvgIpc) is 2.99. The molecular weight excluding hydrogens is 406 g/mol. The van der Waals surface area contributed by atoms with Crippen molar-refractivity contribution in [2.45, 2.75) is 13.3 Å². The number of aromatic hydroxyl groups is 2. The molecular formula is C19H16ClNO6S. The molecule has 1 fully saturated rings.